The highest BCUT2D eigenvalue weighted by Gasteiger charge is 2.23. The molecule has 0 N–H and O–H groups in total. The Morgan fingerprint density at radius 1 is 0.418 bits per heavy atom. The molecule has 0 saturated heterocycles. The average molecular weight is 705 g/mol. The molecule has 0 fully saturated rings. The maximum atomic E-state index is 6.66. The summed E-state index contributed by atoms with van der Waals surface area (Å²) in [4.78, 5) is 7.33. The van der Waals surface area contributed by atoms with Crippen molar-refractivity contribution in [3.05, 3.63) is 194 Å². The molecule has 9 aromatic carbocycles. The minimum absolute atomic E-state index is 0.582. The number of para-hydroxylation sites is 2. The van der Waals surface area contributed by atoms with Crippen LogP contribution in [-0.4, -0.2) is 4.98 Å². The smallest absolute Gasteiger partial charge is 0.227 e. The van der Waals surface area contributed by atoms with Crippen LogP contribution in [0.4, 0.5) is 17.1 Å². The van der Waals surface area contributed by atoms with E-state index in [4.69, 9.17) is 13.8 Å². The fraction of sp³-hybridized carbons (Fsp3) is 0. The van der Waals surface area contributed by atoms with Gasteiger partial charge in [0.15, 0.2) is 5.58 Å². The lowest BCUT2D eigenvalue weighted by Crippen LogP contribution is -2.11. The summed E-state index contributed by atoms with van der Waals surface area (Å²) in [5.74, 6) is 0.582. The van der Waals surface area contributed by atoms with Gasteiger partial charge in [0.25, 0.3) is 0 Å². The first kappa shape index (κ1) is 31.1. The first-order valence-electron chi connectivity index (χ1n) is 18.5. The fourth-order valence-electron chi connectivity index (χ4n) is 8.12. The van der Waals surface area contributed by atoms with Gasteiger partial charge in [-0.05, 0) is 81.2 Å². The fourth-order valence-corrected chi connectivity index (χ4v) is 8.12. The molecule has 0 atom stereocenters. The molecule has 0 radical (unpaired) electrons. The predicted molar refractivity (Wildman–Crippen MR) is 227 cm³/mol. The largest absolute Gasteiger partial charge is 0.456 e. The van der Waals surface area contributed by atoms with Crippen LogP contribution in [-0.2, 0) is 0 Å². The molecule has 258 valence electrons. The Balaban J connectivity index is 1.12. The standard InChI is InChI=1S/C51H32N2O2/c1-3-13-33(14-4-1)42-19-9-11-21-45(42)53(39-29-30-41-37(31-39)24-23-34-15-7-8-18-40(34)41)38-27-25-35(26-28-38)48-49-43-20-10-12-22-46(43)54-47(49)32-44-50(48)55-51(52-44)36-16-5-2-6-17-36/h1-32H. The van der Waals surface area contributed by atoms with Gasteiger partial charge in [-0.25, -0.2) is 4.98 Å². The van der Waals surface area contributed by atoms with Crippen LogP contribution >= 0.6 is 0 Å². The zero-order chi connectivity index (χ0) is 36.3. The Morgan fingerprint density at radius 2 is 1.07 bits per heavy atom. The number of anilines is 3. The van der Waals surface area contributed by atoms with Crippen molar-refractivity contribution < 1.29 is 8.83 Å². The van der Waals surface area contributed by atoms with Crippen molar-refractivity contribution in [3.8, 4) is 33.7 Å². The third-order valence-corrected chi connectivity index (χ3v) is 10.7. The predicted octanol–water partition coefficient (Wildman–Crippen LogP) is 14.5. The van der Waals surface area contributed by atoms with Crippen LogP contribution in [0.1, 0.15) is 0 Å². The van der Waals surface area contributed by atoms with E-state index in [2.05, 4.69) is 150 Å². The lowest BCUT2D eigenvalue weighted by atomic mass is 9.97. The van der Waals surface area contributed by atoms with Gasteiger partial charge in [0.1, 0.15) is 16.7 Å². The monoisotopic (exact) mass is 704 g/mol. The van der Waals surface area contributed by atoms with Crippen molar-refractivity contribution in [2.24, 2.45) is 0 Å². The van der Waals surface area contributed by atoms with Gasteiger partial charge in [-0.1, -0.05) is 140 Å². The number of rotatable bonds is 6. The lowest BCUT2D eigenvalue weighted by Gasteiger charge is -2.28. The van der Waals surface area contributed by atoms with E-state index in [1.807, 2.05) is 48.5 Å². The van der Waals surface area contributed by atoms with Crippen molar-refractivity contribution in [3.63, 3.8) is 0 Å². The molecule has 0 aliphatic carbocycles. The number of oxazole rings is 1. The van der Waals surface area contributed by atoms with Gasteiger partial charge >= 0.3 is 0 Å². The molecule has 0 aliphatic heterocycles. The molecule has 0 bridgehead atoms. The van der Waals surface area contributed by atoms with Gasteiger partial charge in [0, 0.05) is 44.9 Å². The van der Waals surface area contributed by atoms with Gasteiger partial charge in [-0.3, -0.25) is 0 Å². The maximum Gasteiger partial charge on any atom is 0.227 e. The molecule has 2 heterocycles. The molecule has 2 aromatic heterocycles. The van der Waals surface area contributed by atoms with Crippen molar-refractivity contribution in [1.82, 2.24) is 4.98 Å². The highest BCUT2D eigenvalue weighted by molar-refractivity contribution is 6.19. The molecular weight excluding hydrogens is 673 g/mol. The molecule has 4 nitrogen and oxygen atoms in total. The normalized spacial score (nSPS) is 11.6. The first-order chi connectivity index (χ1) is 27.3. The minimum atomic E-state index is 0.582. The average Bonchev–Trinajstić information content (AvgIpc) is 3.85. The number of hydrogen-bond donors (Lipinski definition) is 0. The topological polar surface area (TPSA) is 42.4 Å². The second kappa shape index (κ2) is 12.6. The molecule has 0 unspecified atom stereocenters. The molecular formula is C51H32N2O2. The summed E-state index contributed by atoms with van der Waals surface area (Å²) in [6, 6.07) is 68.2. The molecule has 55 heavy (non-hydrogen) atoms. The van der Waals surface area contributed by atoms with Crippen molar-refractivity contribution in [2.45, 2.75) is 0 Å². The van der Waals surface area contributed by atoms with Crippen LogP contribution in [0.15, 0.2) is 203 Å². The van der Waals surface area contributed by atoms with Crippen LogP contribution in [0.3, 0.4) is 0 Å². The highest BCUT2D eigenvalue weighted by atomic mass is 16.4. The number of aromatic nitrogens is 1. The van der Waals surface area contributed by atoms with Crippen LogP contribution < -0.4 is 4.90 Å². The van der Waals surface area contributed by atoms with E-state index in [1.165, 1.54) is 21.5 Å². The Kier molecular flexibility index (Phi) is 7.14. The Morgan fingerprint density at radius 3 is 1.91 bits per heavy atom. The maximum absolute atomic E-state index is 6.66. The van der Waals surface area contributed by atoms with E-state index >= 15 is 0 Å². The summed E-state index contributed by atoms with van der Waals surface area (Å²) < 4.78 is 13.1. The van der Waals surface area contributed by atoms with E-state index in [0.717, 1.165) is 77.9 Å². The van der Waals surface area contributed by atoms with Crippen molar-refractivity contribution >= 4 is 71.6 Å². The van der Waals surface area contributed by atoms with Gasteiger partial charge in [-0.2, -0.15) is 0 Å². The summed E-state index contributed by atoms with van der Waals surface area (Å²) in [6.07, 6.45) is 0. The minimum Gasteiger partial charge on any atom is -0.456 e. The van der Waals surface area contributed by atoms with Crippen LogP contribution in [0.5, 0.6) is 0 Å². The Labute approximate surface area is 317 Å². The molecule has 0 spiro atoms. The number of benzene rings is 9. The second-order valence-electron chi connectivity index (χ2n) is 13.9. The van der Waals surface area contributed by atoms with Crippen LogP contribution in [0.2, 0.25) is 0 Å². The third-order valence-electron chi connectivity index (χ3n) is 10.7. The van der Waals surface area contributed by atoms with Gasteiger partial charge in [0.05, 0.1) is 5.69 Å². The van der Waals surface area contributed by atoms with E-state index in [-0.39, 0.29) is 0 Å². The number of fused-ring (bicyclic) bond motifs is 7. The number of hydrogen-bond acceptors (Lipinski definition) is 4. The molecule has 11 rings (SSSR count). The van der Waals surface area contributed by atoms with E-state index in [1.54, 1.807) is 0 Å². The number of furan rings is 1. The highest BCUT2D eigenvalue weighted by Crippen LogP contribution is 2.46. The summed E-state index contributed by atoms with van der Waals surface area (Å²) in [7, 11) is 0. The van der Waals surface area contributed by atoms with Gasteiger partial charge < -0.3 is 13.7 Å². The summed E-state index contributed by atoms with van der Waals surface area (Å²) >= 11 is 0. The first-order valence-corrected chi connectivity index (χ1v) is 18.5. The third kappa shape index (κ3) is 5.19. The summed E-state index contributed by atoms with van der Waals surface area (Å²) in [5.41, 5.74) is 11.5. The molecule has 11 aromatic rings. The summed E-state index contributed by atoms with van der Waals surface area (Å²) in [6.45, 7) is 0. The van der Waals surface area contributed by atoms with Crippen molar-refractivity contribution in [2.75, 3.05) is 4.90 Å². The van der Waals surface area contributed by atoms with E-state index in [9.17, 15) is 0 Å². The SMILES string of the molecule is c1ccc(-c2nc3cc4oc5ccccc5c4c(-c4ccc(N(c5ccc6c(ccc7ccccc76)c5)c5ccccc5-c5ccccc5)cc4)c3o2)cc1. The molecule has 4 heteroatoms. The van der Waals surface area contributed by atoms with Crippen molar-refractivity contribution in [1.29, 1.82) is 0 Å². The zero-order valence-corrected chi connectivity index (χ0v) is 29.7. The molecule has 0 amide bonds. The Hall–Kier alpha value is -7.43. The summed E-state index contributed by atoms with van der Waals surface area (Å²) in [5, 5.41) is 6.97. The van der Waals surface area contributed by atoms with Crippen LogP contribution in [0.25, 0.3) is 88.3 Å². The quantitative estimate of drug-likeness (QED) is 0.162. The Bertz CT molecular complexity index is 3200. The zero-order valence-electron chi connectivity index (χ0n) is 29.7. The lowest BCUT2D eigenvalue weighted by molar-refractivity contribution is 0.621. The second-order valence-corrected chi connectivity index (χ2v) is 13.9. The van der Waals surface area contributed by atoms with E-state index < -0.39 is 0 Å². The molecule has 0 saturated carbocycles. The molecule has 0 aliphatic rings. The van der Waals surface area contributed by atoms with E-state index in [0.29, 0.717) is 5.89 Å². The van der Waals surface area contributed by atoms with Gasteiger partial charge in [-0.15, -0.1) is 0 Å². The van der Waals surface area contributed by atoms with Crippen LogP contribution in [0, 0.1) is 0 Å². The van der Waals surface area contributed by atoms with Gasteiger partial charge in [0.2, 0.25) is 5.89 Å². The number of nitrogens with zero attached hydrogens (tertiary/aromatic N) is 2.